The highest BCUT2D eigenvalue weighted by molar-refractivity contribution is 6.13. The summed E-state index contributed by atoms with van der Waals surface area (Å²) in [6, 6.07) is 19.4. The molecule has 8 heteroatoms. The van der Waals surface area contributed by atoms with Gasteiger partial charge in [-0.05, 0) is 10.9 Å². The third-order valence-corrected chi connectivity index (χ3v) is 7.46. The molecule has 0 fully saturated rings. The van der Waals surface area contributed by atoms with Crippen molar-refractivity contribution < 1.29 is 26.3 Å². The molecule has 0 N–H and O–H groups in total. The molecule has 1 aliphatic heterocycles. The first-order valence-electron chi connectivity index (χ1n) is 11.0. The lowest BCUT2D eigenvalue weighted by Gasteiger charge is -2.51. The zero-order chi connectivity index (χ0) is 25.0. The first kappa shape index (κ1) is 21.9. The van der Waals surface area contributed by atoms with Crippen molar-refractivity contribution in [3.8, 4) is 11.3 Å². The van der Waals surface area contributed by atoms with Gasteiger partial charge in [0.1, 0.15) is 5.65 Å². The molecule has 0 saturated carbocycles. The molecule has 0 atom stereocenters. The van der Waals surface area contributed by atoms with Crippen molar-refractivity contribution in [2.75, 3.05) is 0 Å². The van der Waals surface area contributed by atoms with Gasteiger partial charge in [-0.1, -0.05) is 86.6 Å². The molecule has 178 valence electrons. The normalized spacial score (nSPS) is 17.0. The van der Waals surface area contributed by atoms with E-state index in [1.54, 1.807) is 42.5 Å². The van der Waals surface area contributed by atoms with Crippen molar-refractivity contribution in [3.05, 3.63) is 84.1 Å². The minimum atomic E-state index is -5.67. The number of nitrogens with zero attached hydrogens (tertiary/aromatic N) is 2. The van der Waals surface area contributed by atoms with Gasteiger partial charge in [0.2, 0.25) is 5.41 Å². The molecule has 0 bridgehead atoms. The molecule has 0 radical (unpaired) electrons. The van der Waals surface area contributed by atoms with Gasteiger partial charge in [0, 0.05) is 21.8 Å². The van der Waals surface area contributed by atoms with Gasteiger partial charge in [-0.3, -0.25) is 4.40 Å². The molecule has 6 rings (SSSR count). The van der Waals surface area contributed by atoms with E-state index >= 15 is 26.3 Å². The van der Waals surface area contributed by atoms with Crippen molar-refractivity contribution in [2.45, 2.75) is 37.0 Å². The van der Waals surface area contributed by atoms with Crippen LogP contribution in [0.1, 0.15) is 25.1 Å². The van der Waals surface area contributed by atoms with Crippen LogP contribution in [0.25, 0.3) is 38.6 Å². The SMILES string of the molecule is CC1(C)c2cccc3c4ccccc4c4nc(-c5ccccc5)c(n4c23)C1(C(F)(F)F)C(F)(F)F. The maximum atomic E-state index is 15.1. The molecule has 1 aliphatic rings. The van der Waals surface area contributed by atoms with Gasteiger partial charge in [0.25, 0.3) is 0 Å². The van der Waals surface area contributed by atoms with Crippen LogP contribution in [0.3, 0.4) is 0 Å². The number of hydrogen-bond donors (Lipinski definition) is 0. The van der Waals surface area contributed by atoms with Crippen molar-refractivity contribution in [1.29, 1.82) is 0 Å². The number of aromatic nitrogens is 2. The molecule has 35 heavy (non-hydrogen) atoms. The lowest BCUT2D eigenvalue weighted by molar-refractivity contribution is -0.323. The summed E-state index contributed by atoms with van der Waals surface area (Å²) in [5.41, 5.74) is -7.25. The largest absolute Gasteiger partial charge is 0.409 e. The number of imidazole rings is 1. The first-order valence-corrected chi connectivity index (χ1v) is 11.0. The number of fused-ring (bicyclic) bond motifs is 3. The summed E-state index contributed by atoms with van der Waals surface area (Å²) in [6.45, 7) is 2.07. The van der Waals surface area contributed by atoms with Crippen molar-refractivity contribution >= 4 is 27.3 Å². The Morgan fingerprint density at radius 3 is 1.89 bits per heavy atom. The van der Waals surface area contributed by atoms with E-state index in [4.69, 9.17) is 0 Å². The third-order valence-electron chi connectivity index (χ3n) is 7.46. The van der Waals surface area contributed by atoms with E-state index < -0.39 is 28.9 Å². The Morgan fingerprint density at radius 1 is 0.686 bits per heavy atom. The van der Waals surface area contributed by atoms with Gasteiger partial charge in [-0.25, -0.2) is 4.98 Å². The highest BCUT2D eigenvalue weighted by Crippen LogP contribution is 2.66. The summed E-state index contributed by atoms with van der Waals surface area (Å²) in [5, 5.41) is 1.78. The Hall–Kier alpha value is -3.55. The average Bonchev–Trinajstić information content (AvgIpc) is 3.18. The fraction of sp³-hybridized carbons (Fsp3) is 0.222. The Morgan fingerprint density at radius 2 is 1.26 bits per heavy atom. The van der Waals surface area contributed by atoms with Gasteiger partial charge in [-0.2, -0.15) is 26.3 Å². The number of para-hydroxylation sites is 1. The smallest absolute Gasteiger partial charge is 0.294 e. The van der Waals surface area contributed by atoms with Crippen LogP contribution >= 0.6 is 0 Å². The van der Waals surface area contributed by atoms with Gasteiger partial charge >= 0.3 is 12.4 Å². The lowest BCUT2D eigenvalue weighted by Crippen LogP contribution is -2.66. The summed E-state index contributed by atoms with van der Waals surface area (Å²) < 4.78 is 91.8. The zero-order valence-corrected chi connectivity index (χ0v) is 18.6. The zero-order valence-electron chi connectivity index (χ0n) is 18.6. The highest BCUT2D eigenvalue weighted by atomic mass is 19.4. The van der Waals surface area contributed by atoms with Crippen molar-refractivity contribution in [2.24, 2.45) is 0 Å². The molecule has 3 aromatic carbocycles. The van der Waals surface area contributed by atoms with Crippen LogP contribution in [0.4, 0.5) is 26.3 Å². The number of benzene rings is 3. The highest BCUT2D eigenvalue weighted by Gasteiger charge is 2.80. The Labute approximate surface area is 195 Å². The molecule has 0 unspecified atom stereocenters. The molecule has 2 nitrogen and oxygen atoms in total. The maximum Gasteiger partial charge on any atom is 0.409 e. The third kappa shape index (κ3) is 2.44. The molecule has 0 aliphatic carbocycles. The van der Waals surface area contributed by atoms with Gasteiger partial charge in [0.05, 0.1) is 16.9 Å². The van der Waals surface area contributed by atoms with Crippen LogP contribution in [0.2, 0.25) is 0 Å². The Balaban J connectivity index is 2.02. The quantitative estimate of drug-likeness (QED) is 0.174. The van der Waals surface area contributed by atoms with Crippen molar-refractivity contribution in [3.63, 3.8) is 0 Å². The molecule has 3 heterocycles. The lowest BCUT2D eigenvalue weighted by atomic mass is 9.57. The Bertz CT molecular complexity index is 1630. The standard InChI is InChI=1S/C27H18F6N2/c1-24(2)19-14-8-13-17-16-11-6-7-12-18(16)23-34-20(15-9-4-3-5-10-15)22(35(23)21(17)19)25(24,26(28,29)30)27(31,32)33/h3-14H,1-2H3. The van der Waals surface area contributed by atoms with Gasteiger partial charge < -0.3 is 0 Å². The maximum absolute atomic E-state index is 15.1. The van der Waals surface area contributed by atoms with E-state index in [2.05, 4.69) is 4.98 Å². The number of alkyl halides is 6. The van der Waals surface area contributed by atoms with E-state index in [0.717, 1.165) is 23.6 Å². The number of rotatable bonds is 1. The molecule has 2 aromatic heterocycles. The van der Waals surface area contributed by atoms with Gasteiger partial charge in [-0.15, -0.1) is 0 Å². The summed E-state index contributed by atoms with van der Waals surface area (Å²) in [4.78, 5) is 4.52. The molecule has 0 amide bonds. The summed E-state index contributed by atoms with van der Waals surface area (Å²) in [5.74, 6) is 0. The van der Waals surface area contributed by atoms with Crippen LogP contribution < -0.4 is 0 Å². The van der Waals surface area contributed by atoms with E-state index in [1.165, 1.54) is 24.3 Å². The van der Waals surface area contributed by atoms with Crippen LogP contribution in [-0.4, -0.2) is 21.7 Å². The minimum absolute atomic E-state index is 0.0232. The summed E-state index contributed by atoms with van der Waals surface area (Å²) >= 11 is 0. The topological polar surface area (TPSA) is 17.3 Å². The number of hydrogen-bond acceptors (Lipinski definition) is 1. The second kappa shape index (κ2) is 6.56. The van der Waals surface area contributed by atoms with Crippen LogP contribution in [0.5, 0.6) is 0 Å². The molecular formula is C27H18F6N2. The summed E-state index contributed by atoms with van der Waals surface area (Å²) in [6.07, 6.45) is -11.3. The van der Waals surface area contributed by atoms with Crippen molar-refractivity contribution in [1.82, 2.24) is 9.38 Å². The summed E-state index contributed by atoms with van der Waals surface area (Å²) in [7, 11) is 0. The van der Waals surface area contributed by atoms with Crippen LogP contribution in [-0.2, 0) is 10.8 Å². The molecule has 0 saturated heterocycles. The van der Waals surface area contributed by atoms with Crippen LogP contribution in [0.15, 0.2) is 72.8 Å². The van der Waals surface area contributed by atoms with E-state index in [1.807, 2.05) is 6.07 Å². The Kier molecular flexibility index (Phi) is 4.11. The van der Waals surface area contributed by atoms with E-state index in [-0.39, 0.29) is 22.5 Å². The minimum Gasteiger partial charge on any atom is -0.294 e. The predicted octanol–water partition coefficient (Wildman–Crippen LogP) is 7.96. The predicted molar refractivity (Wildman–Crippen MR) is 122 cm³/mol. The number of halogens is 6. The second-order valence-electron chi connectivity index (χ2n) is 9.45. The molecular weight excluding hydrogens is 466 g/mol. The molecule has 0 spiro atoms. The second-order valence-corrected chi connectivity index (χ2v) is 9.45. The fourth-order valence-corrected chi connectivity index (χ4v) is 6.02. The molecule has 5 aromatic rings. The van der Waals surface area contributed by atoms with Crippen LogP contribution in [0, 0.1) is 0 Å². The fourth-order valence-electron chi connectivity index (χ4n) is 6.02. The number of pyridine rings is 1. The monoisotopic (exact) mass is 484 g/mol. The average molecular weight is 484 g/mol. The van der Waals surface area contributed by atoms with E-state index in [9.17, 15) is 0 Å². The van der Waals surface area contributed by atoms with E-state index in [0.29, 0.717) is 16.3 Å². The van der Waals surface area contributed by atoms with Gasteiger partial charge in [0.15, 0.2) is 0 Å². The first-order chi connectivity index (χ1) is 16.4.